The molecule has 0 unspecified atom stereocenters. The van der Waals surface area contributed by atoms with E-state index in [2.05, 4.69) is 10.3 Å². The lowest BCUT2D eigenvalue weighted by molar-refractivity contribution is -0.157. The minimum Gasteiger partial charge on any atom is -0.508 e. The van der Waals surface area contributed by atoms with Gasteiger partial charge in [-0.25, -0.2) is 9.78 Å². The van der Waals surface area contributed by atoms with Crippen molar-refractivity contribution in [3.05, 3.63) is 89.5 Å². The van der Waals surface area contributed by atoms with Crippen molar-refractivity contribution in [3.63, 3.8) is 0 Å². The highest BCUT2D eigenvalue weighted by Gasteiger charge is 2.51. The third-order valence-electron chi connectivity index (χ3n) is 7.78. The first-order valence-electron chi connectivity index (χ1n) is 13.6. The van der Waals surface area contributed by atoms with E-state index in [0.717, 1.165) is 26.9 Å². The molecule has 0 saturated carbocycles. The molecule has 4 aromatic rings. The van der Waals surface area contributed by atoms with Crippen LogP contribution in [0.4, 0.5) is 9.93 Å². The van der Waals surface area contributed by atoms with Crippen molar-refractivity contribution in [3.8, 4) is 5.75 Å². The highest BCUT2D eigenvalue weighted by atomic mass is 32.1. The van der Waals surface area contributed by atoms with E-state index < -0.39 is 12.2 Å². The molecule has 0 radical (unpaired) electrons. The van der Waals surface area contributed by atoms with Crippen LogP contribution in [0.15, 0.2) is 72.8 Å². The molecular formula is C30H31N7O4S. The second kappa shape index (κ2) is 11.3. The van der Waals surface area contributed by atoms with Crippen molar-refractivity contribution >= 4 is 44.5 Å². The van der Waals surface area contributed by atoms with Crippen molar-refractivity contribution in [2.45, 2.75) is 31.7 Å². The first-order chi connectivity index (χ1) is 20.3. The summed E-state index contributed by atoms with van der Waals surface area (Å²) in [5.41, 5.74) is 9.35. The number of aromatic hydroxyl groups is 1. The molecule has 0 bridgehead atoms. The minimum absolute atomic E-state index is 0.0364. The van der Waals surface area contributed by atoms with Gasteiger partial charge in [0.15, 0.2) is 5.13 Å². The number of anilines is 1. The molecular weight excluding hydrogens is 554 g/mol. The molecule has 0 aliphatic carbocycles. The Kier molecular flexibility index (Phi) is 7.40. The fraction of sp³-hybridized carbons (Fsp3) is 0.267. The number of hydrogen-bond acceptors (Lipinski definition) is 8. The molecule has 2 aliphatic heterocycles. The van der Waals surface area contributed by atoms with Crippen LogP contribution in [0.3, 0.4) is 0 Å². The largest absolute Gasteiger partial charge is 0.508 e. The van der Waals surface area contributed by atoms with Gasteiger partial charge in [-0.3, -0.25) is 14.6 Å². The zero-order chi connectivity index (χ0) is 29.4. The summed E-state index contributed by atoms with van der Waals surface area (Å²) in [7, 11) is 1.63. The number of phenolic OH excluding ortho intramolecular Hbond substituents is 1. The molecule has 6 rings (SSSR count). The highest BCUT2D eigenvalue weighted by molar-refractivity contribution is 7.22. The molecule has 3 aromatic carbocycles. The Balaban J connectivity index is 1.28. The molecule has 2 atom stereocenters. The molecule has 3 heterocycles. The van der Waals surface area contributed by atoms with Crippen molar-refractivity contribution in [2.75, 3.05) is 25.9 Å². The number of benzene rings is 3. The molecule has 2 fully saturated rings. The molecule has 4 amide bonds. The number of para-hydroxylation sites is 1. The molecule has 0 spiro atoms. The normalized spacial score (nSPS) is 18.9. The number of amides is 4. The number of phenols is 1. The Hall–Kier alpha value is -4.68. The van der Waals surface area contributed by atoms with Crippen LogP contribution in [0.2, 0.25) is 0 Å². The predicted molar refractivity (Wildman–Crippen MR) is 159 cm³/mol. The molecule has 2 saturated heterocycles. The monoisotopic (exact) mass is 585 g/mol. The van der Waals surface area contributed by atoms with Crippen LogP contribution in [0.1, 0.15) is 16.7 Å². The van der Waals surface area contributed by atoms with E-state index in [9.17, 15) is 19.5 Å². The number of nitrogen functional groups attached to an aromatic ring is 1. The van der Waals surface area contributed by atoms with Crippen LogP contribution < -0.4 is 11.1 Å². The van der Waals surface area contributed by atoms with E-state index in [4.69, 9.17) is 5.73 Å². The topological polar surface area (TPSA) is 135 Å². The van der Waals surface area contributed by atoms with Crippen LogP contribution >= 0.6 is 11.3 Å². The summed E-state index contributed by atoms with van der Waals surface area (Å²) in [6, 6.07) is 20.9. The Labute approximate surface area is 246 Å². The number of nitrogens with one attached hydrogen (secondary N) is 1. The zero-order valence-corrected chi connectivity index (χ0v) is 23.8. The highest BCUT2D eigenvalue weighted by Crippen LogP contribution is 2.32. The Morgan fingerprint density at radius 2 is 1.83 bits per heavy atom. The Bertz CT molecular complexity index is 1630. The lowest BCUT2D eigenvalue weighted by Crippen LogP contribution is -2.65. The third-order valence-corrected chi connectivity index (χ3v) is 8.63. The summed E-state index contributed by atoms with van der Waals surface area (Å²) in [4.78, 5) is 48.5. The quantitative estimate of drug-likeness (QED) is 0.304. The molecule has 4 N–H and O–H groups in total. The van der Waals surface area contributed by atoms with Gasteiger partial charge in [-0.1, -0.05) is 65.9 Å². The maximum absolute atomic E-state index is 14.0. The van der Waals surface area contributed by atoms with Crippen LogP contribution in [0.5, 0.6) is 5.75 Å². The first-order valence-corrected chi connectivity index (χ1v) is 14.4. The minimum atomic E-state index is -0.786. The fourth-order valence-electron chi connectivity index (χ4n) is 5.67. The van der Waals surface area contributed by atoms with E-state index in [1.807, 2.05) is 48.5 Å². The summed E-state index contributed by atoms with van der Waals surface area (Å²) < 4.78 is 0.934. The van der Waals surface area contributed by atoms with Crippen LogP contribution in [-0.2, 0) is 29.1 Å². The molecule has 216 valence electrons. The number of carbonyl (C=O) groups excluding carboxylic acids is 3. The molecule has 11 nitrogen and oxygen atoms in total. The number of rotatable bonds is 7. The summed E-state index contributed by atoms with van der Waals surface area (Å²) in [5, 5.41) is 16.3. The van der Waals surface area contributed by atoms with Gasteiger partial charge >= 0.3 is 6.03 Å². The lowest BCUT2D eigenvalue weighted by atomic mass is 9.99. The van der Waals surface area contributed by atoms with Crippen molar-refractivity contribution in [1.29, 1.82) is 0 Å². The number of hydrogen-bond donors (Lipinski definition) is 3. The Morgan fingerprint density at radius 1 is 1.07 bits per heavy atom. The second-order valence-electron chi connectivity index (χ2n) is 10.5. The van der Waals surface area contributed by atoms with Crippen molar-refractivity contribution in [2.24, 2.45) is 0 Å². The second-order valence-corrected chi connectivity index (χ2v) is 11.5. The summed E-state index contributed by atoms with van der Waals surface area (Å²) >= 11 is 1.39. The fourth-order valence-corrected chi connectivity index (χ4v) is 6.45. The average molecular weight is 586 g/mol. The maximum Gasteiger partial charge on any atom is 0.332 e. The number of fused-ring (bicyclic) bond motifs is 2. The van der Waals surface area contributed by atoms with Crippen LogP contribution in [-0.4, -0.2) is 80.1 Å². The van der Waals surface area contributed by atoms with E-state index in [-0.39, 0.29) is 49.7 Å². The number of urea groups is 1. The number of nitrogens with two attached hydrogens (primary N) is 1. The molecule has 1 aromatic heterocycles. The van der Waals surface area contributed by atoms with E-state index in [1.54, 1.807) is 46.1 Å². The van der Waals surface area contributed by atoms with E-state index in [0.29, 0.717) is 11.7 Å². The van der Waals surface area contributed by atoms with Crippen LogP contribution in [0, 0.1) is 0 Å². The van der Waals surface area contributed by atoms with Gasteiger partial charge in [0, 0.05) is 26.6 Å². The number of aromatic nitrogens is 1. The number of hydrazine groups is 1. The molecule has 12 heteroatoms. The number of nitrogens with zero attached hydrogens (tertiary/aromatic N) is 5. The Morgan fingerprint density at radius 3 is 2.60 bits per heavy atom. The third kappa shape index (κ3) is 5.33. The van der Waals surface area contributed by atoms with Crippen molar-refractivity contribution in [1.82, 2.24) is 30.1 Å². The average Bonchev–Trinajstić information content (AvgIpc) is 3.54. The zero-order valence-electron chi connectivity index (χ0n) is 23.0. The van der Waals surface area contributed by atoms with E-state index in [1.165, 1.54) is 16.3 Å². The summed E-state index contributed by atoms with van der Waals surface area (Å²) in [5.74, 6) is -0.296. The van der Waals surface area contributed by atoms with Gasteiger partial charge in [0.05, 0.1) is 23.3 Å². The standard InChI is InChI=1S/C30H31N7O4S/c1-34(30(41)32-15-20-6-3-2-4-7-20)36-18-26(39)37-23(14-19-10-12-22(38)13-11-19)28(40)35(17-25(36)37)16-21-8-5-9-24-27(21)33-29(31)42-24/h2-13,23,25,38H,14-18H2,1H3,(H2,31,33)(H,32,41)/t23-,25+/m0/s1. The van der Waals surface area contributed by atoms with Gasteiger partial charge in [-0.05, 0) is 34.9 Å². The SMILES string of the molecule is CN(C(=O)NCc1ccccc1)N1CC(=O)N2[C@@H](Cc3ccc(O)cc3)C(=O)N(Cc3cccc4sc(N)nc34)C[C@@H]21. The maximum atomic E-state index is 14.0. The first kappa shape index (κ1) is 27.5. The van der Waals surface area contributed by atoms with Gasteiger partial charge in [0.1, 0.15) is 18.0 Å². The van der Waals surface area contributed by atoms with Gasteiger partial charge in [-0.15, -0.1) is 0 Å². The summed E-state index contributed by atoms with van der Waals surface area (Å²) in [6.45, 7) is 0.797. The smallest absolute Gasteiger partial charge is 0.332 e. The molecule has 2 aliphatic rings. The van der Waals surface area contributed by atoms with Crippen molar-refractivity contribution < 1.29 is 19.5 Å². The summed E-state index contributed by atoms with van der Waals surface area (Å²) in [6.07, 6.45) is -0.284. The molecule has 42 heavy (non-hydrogen) atoms. The van der Waals surface area contributed by atoms with Crippen LogP contribution in [0.25, 0.3) is 10.2 Å². The lowest BCUT2D eigenvalue weighted by Gasteiger charge is -2.45. The van der Waals surface area contributed by atoms with Gasteiger partial charge < -0.3 is 26.0 Å². The number of carbonyl (C=O) groups is 3. The predicted octanol–water partition coefficient (Wildman–Crippen LogP) is 2.76. The van der Waals surface area contributed by atoms with E-state index >= 15 is 0 Å². The number of thiazole rings is 1. The van der Waals surface area contributed by atoms with Gasteiger partial charge in [0.2, 0.25) is 11.8 Å². The van der Waals surface area contributed by atoms with Gasteiger partial charge in [-0.2, -0.15) is 5.01 Å². The van der Waals surface area contributed by atoms with Gasteiger partial charge in [0.25, 0.3) is 0 Å². The number of piperazine rings is 1.